The molecular weight excluding hydrogens is 387 g/mol. The number of carbonyl (C=O) groups excluding carboxylic acids is 1. The topological polar surface area (TPSA) is 75.7 Å². The summed E-state index contributed by atoms with van der Waals surface area (Å²) in [5.41, 5.74) is 0.387. The number of rotatable bonds is 7. The number of benzene rings is 1. The molecule has 1 heterocycles. The molecule has 1 aliphatic heterocycles. The van der Waals surface area contributed by atoms with Crippen molar-refractivity contribution in [1.82, 2.24) is 9.62 Å². The molecule has 9 heteroatoms. The highest BCUT2D eigenvalue weighted by molar-refractivity contribution is 7.88. The van der Waals surface area contributed by atoms with Gasteiger partial charge in [0.2, 0.25) is 15.9 Å². The van der Waals surface area contributed by atoms with Crippen LogP contribution < -0.4 is 5.32 Å². The van der Waals surface area contributed by atoms with E-state index >= 15 is 0 Å². The number of sulfonamides is 1. The van der Waals surface area contributed by atoms with E-state index in [1.165, 1.54) is 4.31 Å². The summed E-state index contributed by atoms with van der Waals surface area (Å²) < 4.78 is 31.7. The number of nitrogens with zero attached hydrogens (tertiary/aromatic N) is 1. The third-order valence-corrected chi connectivity index (χ3v) is 6.62. The van der Waals surface area contributed by atoms with E-state index in [1.54, 1.807) is 25.3 Å². The summed E-state index contributed by atoms with van der Waals surface area (Å²) in [7, 11) is -2.06. The second kappa shape index (κ2) is 9.19. The van der Waals surface area contributed by atoms with Crippen LogP contribution in [0.5, 0.6) is 0 Å². The minimum absolute atomic E-state index is 0.146. The predicted octanol–water partition coefficient (Wildman–Crippen LogP) is 2.30. The second-order valence-electron chi connectivity index (χ2n) is 5.94. The number of amides is 1. The molecule has 1 amide bonds. The van der Waals surface area contributed by atoms with Gasteiger partial charge in [0, 0.05) is 42.4 Å². The molecule has 0 aliphatic carbocycles. The van der Waals surface area contributed by atoms with Crippen LogP contribution >= 0.6 is 23.2 Å². The number of ether oxygens (including phenoxy) is 1. The fourth-order valence-corrected chi connectivity index (χ4v) is 5.14. The third-order valence-electron chi connectivity index (χ3n) is 4.14. The first-order valence-corrected chi connectivity index (χ1v) is 10.4. The summed E-state index contributed by atoms with van der Waals surface area (Å²) in [4.78, 5) is 12.2. The standard InChI is InChI=1S/C16H22Cl2N2O4S/c1-24-9-7-19-16(21)12-4-3-8-20(10-12)25(22,23)11-13-14(17)5-2-6-15(13)18/h2,5-6,12H,3-4,7-11H2,1H3,(H,19,21). The first-order valence-electron chi connectivity index (χ1n) is 8.02. The highest BCUT2D eigenvalue weighted by Gasteiger charge is 2.33. The summed E-state index contributed by atoms with van der Waals surface area (Å²) in [6.45, 7) is 1.40. The number of hydrogen-bond donors (Lipinski definition) is 1. The van der Waals surface area contributed by atoms with Crippen LogP contribution in [0.1, 0.15) is 18.4 Å². The minimum Gasteiger partial charge on any atom is -0.383 e. The molecule has 1 atom stereocenters. The summed E-state index contributed by atoms with van der Waals surface area (Å²) in [5.74, 6) is -0.779. The van der Waals surface area contributed by atoms with Gasteiger partial charge >= 0.3 is 0 Å². The van der Waals surface area contributed by atoms with E-state index in [4.69, 9.17) is 27.9 Å². The molecule has 1 unspecified atom stereocenters. The maximum atomic E-state index is 12.7. The van der Waals surface area contributed by atoms with Crippen molar-refractivity contribution in [2.24, 2.45) is 5.92 Å². The number of methoxy groups -OCH3 is 1. The average molecular weight is 409 g/mol. The maximum Gasteiger partial charge on any atom is 0.224 e. The Kier molecular flexibility index (Phi) is 7.51. The molecule has 0 radical (unpaired) electrons. The molecule has 6 nitrogen and oxygen atoms in total. The average Bonchev–Trinajstić information content (AvgIpc) is 2.58. The number of piperidine rings is 1. The number of hydrogen-bond acceptors (Lipinski definition) is 4. The molecule has 1 aliphatic rings. The zero-order chi connectivity index (χ0) is 18.4. The van der Waals surface area contributed by atoms with Crippen LogP contribution in [0.15, 0.2) is 18.2 Å². The molecule has 1 fully saturated rings. The maximum absolute atomic E-state index is 12.7. The lowest BCUT2D eigenvalue weighted by molar-refractivity contribution is -0.126. The molecule has 0 saturated carbocycles. The fourth-order valence-electron chi connectivity index (χ4n) is 2.77. The Morgan fingerprint density at radius 2 is 2.04 bits per heavy atom. The highest BCUT2D eigenvalue weighted by Crippen LogP contribution is 2.28. The Morgan fingerprint density at radius 3 is 2.68 bits per heavy atom. The molecule has 0 aromatic heterocycles. The quantitative estimate of drug-likeness (QED) is 0.702. The molecule has 140 valence electrons. The molecule has 1 N–H and O–H groups in total. The van der Waals surface area contributed by atoms with E-state index in [0.29, 0.717) is 48.1 Å². The van der Waals surface area contributed by atoms with Crippen LogP contribution in [0.25, 0.3) is 0 Å². The van der Waals surface area contributed by atoms with E-state index in [9.17, 15) is 13.2 Å². The number of carbonyl (C=O) groups is 1. The lowest BCUT2D eigenvalue weighted by Gasteiger charge is -2.31. The van der Waals surface area contributed by atoms with E-state index in [2.05, 4.69) is 5.32 Å². The molecule has 1 aromatic rings. The smallest absolute Gasteiger partial charge is 0.224 e. The van der Waals surface area contributed by atoms with Crippen molar-refractivity contribution in [3.8, 4) is 0 Å². The van der Waals surface area contributed by atoms with Crippen LogP contribution in [0, 0.1) is 5.92 Å². The van der Waals surface area contributed by atoms with Gasteiger partial charge in [-0.15, -0.1) is 0 Å². The summed E-state index contributed by atoms with van der Waals surface area (Å²) >= 11 is 12.2. The SMILES string of the molecule is COCCNC(=O)C1CCCN(S(=O)(=O)Cc2c(Cl)cccc2Cl)C1. The Labute approximate surface area is 158 Å². The predicted molar refractivity (Wildman–Crippen MR) is 98.3 cm³/mol. The first kappa shape index (κ1) is 20.5. The number of halogens is 2. The first-order chi connectivity index (χ1) is 11.8. The Hall–Kier alpha value is -0.860. The molecule has 25 heavy (non-hydrogen) atoms. The van der Waals surface area contributed by atoms with E-state index in [-0.39, 0.29) is 24.1 Å². The largest absolute Gasteiger partial charge is 0.383 e. The lowest BCUT2D eigenvalue weighted by Crippen LogP contribution is -2.46. The Balaban J connectivity index is 2.05. The second-order valence-corrected chi connectivity index (χ2v) is 8.72. The fraction of sp³-hybridized carbons (Fsp3) is 0.562. The summed E-state index contributed by atoms with van der Waals surface area (Å²) in [6.07, 6.45) is 1.30. The van der Waals surface area contributed by atoms with Gasteiger partial charge in [-0.2, -0.15) is 0 Å². The molecular formula is C16H22Cl2N2O4S. The van der Waals surface area contributed by atoms with Gasteiger partial charge in [0.15, 0.2) is 0 Å². The van der Waals surface area contributed by atoms with E-state index in [0.717, 1.165) is 0 Å². The molecule has 2 rings (SSSR count). The molecule has 0 bridgehead atoms. The van der Waals surface area contributed by atoms with E-state index < -0.39 is 10.0 Å². The van der Waals surface area contributed by atoms with Crippen molar-refractivity contribution in [2.75, 3.05) is 33.4 Å². The van der Waals surface area contributed by atoms with Crippen molar-refractivity contribution in [3.05, 3.63) is 33.8 Å². The zero-order valence-corrected chi connectivity index (χ0v) is 16.3. The van der Waals surface area contributed by atoms with Crippen LogP contribution in [0.3, 0.4) is 0 Å². The van der Waals surface area contributed by atoms with Crippen molar-refractivity contribution >= 4 is 39.1 Å². The minimum atomic E-state index is -3.61. The van der Waals surface area contributed by atoms with Gasteiger partial charge in [-0.1, -0.05) is 29.3 Å². The van der Waals surface area contributed by atoms with Gasteiger partial charge < -0.3 is 10.1 Å². The van der Waals surface area contributed by atoms with Gasteiger partial charge in [0.25, 0.3) is 0 Å². The summed E-state index contributed by atoms with van der Waals surface area (Å²) in [5, 5.41) is 3.41. The van der Waals surface area contributed by atoms with Gasteiger partial charge in [0.05, 0.1) is 18.3 Å². The van der Waals surface area contributed by atoms with E-state index in [1.807, 2.05) is 0 Å². The van der Waals surface area contributed by atoms with Crippen molar-refractivity contribution in [3.63, 3.8) is 0 Å². The van der Waals surface area contributed by atoms with Crippen molar-refractivity contribution in [2.45, 2.75) is 18.6 Å². The summed E-state index contributed by atoms with van der Waals surface area (Å²) in [6, 6.07) is 4.89. The number of nitrogens with one attached hydrogen (secondary N) is 1. The van der Waals surface area contributed by atoms with Crippen LogP contribution in [-0.2, 0) is 25.3 Å². The highest BCUT2D eigenvalue weighted by atomic mass is 35.5. The van der Waals surface area contributed by atoms with Crippen molar-refractivity contribution in [1.29, 1.82) is 0 Å². The molecule has 1 saturated heterocycles. The van der Waals surface area contributed by atoms with Crippen LogP contribution in [0.2, 0.25) is 10.0 Å². The third kappa shape index (κ3) is 5.56. The normalized spacial score (nSPS) is 18.9. The van der Waals surface area contributed by atoms with Gasteiger partial charge in [0.1, 0.15) is 0 Å². The zero-order valence-electron chi connectivity index (χ0n) is 14.0. The van der Waals surface area contributed by atoms with Gasteiger partial charge in [-0.05, 0) is 25.0 Å². The molecule has 0 spiro atoms. The Bertz CT molecular complexity index is 692. The van der Waals surface area contributed by atoms with Crippen molar-refractivity contribution < 1.29 is 17.9 Å². The lowest BCUT2D eigenvalue weighted by atomic mass is 9.99. The monoisotopic (exact) mass is 408 g/mol. The Morgan fingerprint density at radius 1 is 1.36 bits per heavy atom. The van der Waals surface area contributed by atoms with Gasteiger partial charge in [-0.25, -0.2) is 12.7 Å². The van der Waals surface area contributed by atoms with Crippen LogP contribution in [0.4, 0.5) is 0 Å². The van der Waals surface area contributed by atoms with Crippen LogP contribution in [-0.4, -0.2) is 52.0 Å². The molecule has 1 aromatic carbocycles. The van der Waals surface area contributed by atoms with Gasteiger partial charge in [-0.3, -0.25) is 4.79 Å².